The molecule has 1 aromatic carbocycles. The van der Waals surface area contributed by atoms with E-state index >= 15 is 0 Å². The highest BCUT2D eigenvalue weighted by Gasteiger charge is 2.18. The van der Waals surface area contributed by atoms with Crippen molar-refractivity contribution in [3.63, 3.8) is 0 Å². The van der Waals surface area contributed by atoms with Crippen LogP contribution in [-0.4, -0.2) is 18.8 Å². The smallest absolute Gasteiger partial charge is 0.126 e. The van der Waals surface area contributed by atoms with Gasteiger partial charge >= 0.3 is 0 Å². The van der Waals surface area contributed by atoms with Crippen LogP contribution in [0.1, 0.15) is 30.4 Å². The molecule has 0 fully saturated rings. The number of benzene rings is 1. The SMILES string of the molecule is CCN(Cc1cccs1)c1cccc(OC)c1[C@H](C)O. The Morgan fingerprint density at radius 1 is 1.30 bits per heavy atom. The first-order chi connectivity index (χ1) is 9.67. The molecule has 1 heterocycles. The van der Waals surface area contributed by atoms with Crippen molar-refractivity contribution in [3.05, 3.63) is 46.2 Å². The molecule has 1 aromatic heterocycles. The fraction of sp³-hybridized carbons (Fsp3) is 0.375. The number of nitrogens with zero attached hydrogens (tertiary/aromatic N) is 1. The van der Waals surface area contributed by atoms with Gasteiger partial charge in [-0.2, -0.15) is 0 Å². The lowest BCUT2D eigenvalue weighted by atomic mass is 10.1. The molecular formula is C16H21NO2S. The van der Waals surface area contributed by atoms with Crippen molar-refractivity contribution < 1.29 is 9.84 Å². The quantitative estimate of drug-likeness (QED) is 0.878. The lowest BCUT2D eigenvalue weighted by molar-refractivity contribution is 0.194. The number of anilines is 1. The lowest BCUT2D eigenvalue weighted by Gasteiger charge is -2.27. The molecule has 1 atom stereocenters. The van der Waals surface area contributed by atoms with Gasteiger partial charge in [0.2, 0.25) is 0 Å². The van der Waals surface area contributed by atoms with E-state index in [9.17, 15) is 5.11 Å². The molecule has 0 radical (unpaired) electrons. The van der Waals surface area contributed by atoms with E-state index in [4.69, 9.17) is 4.74 Å². The van der Waals surface area contributed by atoms with E-state index in [0.717, 1.165) is 30.1 Å². The van der Waals surface area contributed by atoms with Crippen LogP contribution in [-0.2, 0) is 6.54 Å². The molecule has 0 unspecified atom stereocenters. The van der Waals surface area contributed by atoms with Crippen molar-refractivity contribution in [3.8, 4) is 5.75 Å². The molecule has 0 saturated carbocycles. The van der Waals surface area contributed by atoms with Gasteiger partial charge in [0.25, 0.3) is 0 Å². The van der Waals surface area contributed by atoms with E-state index in [1.54, 1.807) is 25.4 Å². The normalized spacial score (nSPS) is 12.2. The zero-order chi connectivity index (χ0) is 14.5. The highest BCUT2D eigenvalue weighted by molar-refractivity contribution is 7.09. The maximum atomic E-state index is 10.1. The third-order valence-electron chi connectivity index (χ3n) is 3.33. The number of methoxy groups -OCH3 is 1. The zero-order valence-electron chi connectivity index (χ0n) is 12.2. The molecule has 4 heteroatoms. The fourth-order valence-corrected chi connectivity index (χ4v) is 3.08. The maximum Gasteiger partial charge on any atom is 0.126 e. The van der Waals surface area contributed by atoms with Gasteiger partial charge in [-0.15, -0.1) is 11.3 Å². The van der Waals surface area contributed by atoms with Crippen LogP contribution in [0.5, 0.6) is 5.75 Å². The molecule has 0 saturated heterocycles. The van der Waals surface area contributed by atoms with E-state index in [1.165, 1.54) is 4.88 Å². The highest BCUT2D eigenvalue weighted by Crippen LogP contribution is 2.35. The summed E-state index contributed by atoms with van der Waals surface area (Å²) < 4.78 is 5.39. The molecule has 0 aliphatic heterocycles. The Bertz CT molecular complexity index is 537. The molecule has 0 amide bonds. The number of rotatable bonds is 6. The molecule has 20 heavy (non-hydrogen) atoms. The summed E-state index contributed by atoms with van der Waals surface area (Å²) in [4.78, 5) is 3.57. The van der Waals surface area contributed by atoms with Crippen LogP contribution in [0.2, 0.25) is 0 Å². The van der Waals surface area contributed by atoms with Crippen LogP contribution < -0.4 is 9.64 Å². The van der Waals surface area contributed by atoms with Gasteiger partial charge in [0.15, 0.2) is 0 Å². The van der Waals surface area contributed by atoms with Crippen LogP contribution >= 0.6 is 11.3 Å². The lowest BCUT2D eigenvalue weighted by Crippen LogP contribution is -2.23. The Balaban J connectivity index is 2.38. The van der Waals surface area contributed by atoms with Gasteiger partial charge in [0, 0.05) is 22.7 Å². The van der Waals surface area contributed by atoms with Gasteiger partial charge in [-0.3, -0.25) is 0 Å². The second kappa shape index (κ2) is 6.77. The molecule has 2 aromatic rings. The standard InChI is InChI=1S/C16H21NO2S/c1-4-17(11-13-7-6-10-20-13)14-8-5-9-15(19-3)16(14)12(2)18/h5-10,12,18H,4,11H2,1-3H3/t12-/m0/s1. The molecule has 1 N–H and O–H groups in total. The first-order valence-corrected chi connectivity index (χ1v) is 7.67. The monoisotopic (exact) mass is 291 g/mol. The van der Waals surface area contributed by atoms with E-state index < -0.39 is 6.10 Å². The van der Waals surface area contributed by atoms with Crippen LogP contribution in [0.25, 0.3) is 0 Å². The molecule has 0 spiro atoms. The van der Waals surface area contributed by atoms with Gasteiger partial charge < -0.3 is 14.7 Å². The van der Waals surface area contributed by atoms with Crippen LogP contribution in [0.15, 0.2) is 35.7 Å². The van der Waals surface area contributed by atoms with E-state index in [-0.39, 0.29) is 0 Å². The molecule has 0 aliphatic carbocycles. The number of ether oxygens (including phenoxy) is 1. The Morgan fingerprint density at radius 2 is 2.10 bits per heavy atom. The van der Waals surface area contributed by atoms with Crippen molar-refractivity contribution in [2.24, 2.45) is 0 Å². The molecule has 2 rings (SSSR count). The summed E-state index contributed by atoms with van der Waals surface area (Å²) >= 11 is 1.75. The zero-order valence-corrected chi connectivity index (χ0v) is 13.0. The number of thiophene rings is 1. The van der Waals surface area contributed by atoms with Crippen molar-refractivity contribution >= 4 is 17.0 Å². The Hall–Kier alpha value is -1.52. The minimum atomic E-state index is -0.557. The van der Waals surface area contributed by atoms with Crippen LogP contribution in [0, 0.1) is 0 Å². The van der Waals surface area contributed by atoms with Crippen LogP contribution in [0.4, 0.5) is 5.69 Å². The van der Waals surface area contributed by atoms with Gasteiger partial charge in [0.05, 0.1) is 19.8 Å². The van der Waals surface area contributed by atoms with E-state index in [1.807, 2.05) is 18.2 Å². The second-order valence-corrected chi connectivity index (χ2v) is 5.69. The van der Waals surface area contributed by atoms with Crippen molar-refractivity contribution in [2.75, 3.05) is 18.6 Å². The maximum absolute atomic E-state index is 10.1. The average molecular weight is 291 g/mol. The predicted octanol–water partition coefficient (Wildman–Crippen LogP) is 3.84. The third-order valence-corrected chi connectivity index (χ3v) is 4.19. The molecular weight excluding hydrogens is 270 g/mol. The molecule has 3 nitrogen and oxygen atoms in total. The minimum absolute atomic E-state index is 0.557. The fourth-order valence-electron chi connectivity index (χ4n) is 2.36. The van der Waals surface area contributed by atoms with Gasteiger partial charge in [0.1, 0.15) is 5.75 Å². The van der Waals surface area contributed by atoms with Crippen molar-refractivity contribution in [1.29, 1.82) is 0 Å². The van der Waals surface area contributed by atoms with Gasteiger partial charge in [-0.1, -0.05) is 12.1 Å². The van der Waals surface area contributed by atoms with Gasteiger partial charge in [-0.05, 0) is 37.4 Å². The topological polar surface area (TPSA) is 32.7 Å². The Kier molecular flexibility index (Phi) is 5.04. The Morgan fingerprint density at radius 3 is 2.65 bits per heavy atom. The summed E-state index contributed by atoms with van der Waals surface area (Å²) in [5.41, 5.74) is 1.89. The molecule has 108 valence electrons. The third kappa shape index (κ3) is 3.14. The average Bonchev–Trinajstić information content (AvgIpc) is 2.96. The number of hydrogen-bond acceptors (Lipinski definition) is 4. The predicted molar refractivity (Wildman–Crippen MR) is 84.7 cm³/mol. The summed E-state index contributed by atoms with van der Waals surface area (Å²) in [5, 5.41) is 12.2. The highest BCUT2D eigenvalue weighted by atomic mass is 32.1. The summed E-state index contributed by atoms with van der Waals surface area (Å²) in [6, 6.07) is 10.1. The largest absolute Gasteiger partial charge is 0.496 e. The first kappa shape index (κ1) is 14.9. The van der Waals surface area contributed by atoms with E-state index in [0.29, 0.717) is 0 Å². The van der Waals surface area contributed by atoms with Crippen molar-refractivity contribution in [1.82, 2.24) is 0 Å². The summed E-state index contributed by atoms with van der Waals surface area (Å²) in [6.45, 7) is 5.63. The van der Waals surface area contributed by atoms with Crippen molar-refractivity contribution in [2.45, 2.75) is 26.5 Å². The number of hydrogen-bond donors (Lipinski definition) is 1. The van der Waals surface area contributed by atoms with Gasteiger partial charge in [-0.25, -0.2) is 0 Å². The summed E-state index contributed by atoms with van der Waals surface area (Å²) in [5.74, 6) is 0.738. The number of aliphatic hydroxyl groups excluding tert-OH is 1. The minimum Gasteiger partial charge on any atom is -0.496 e. The second-order valence-electron chi connectivity index (χ2n) is 4.66. The first-order valence-electron chi connectivity index (χ1n) is 6.79. The van der Waals surface area contributed by atoms with Crippen LogP contribution in [0.3, 0.4) is 0 Å². The summed E-state index contributed by atoms with van der Waals surface area (Å²) in [7, 11) is 1.64. The van der Waals surface area contributed by atoms with E-state index in [2.05, 4.69) is 29.3 Å². The number of aliphatic hydroxyl groups is 1. The summed E-state index contributed by atoms with van der Waals surface area (Å²) in [6.07, 6.45) is -0.557. The Labute approximate surface area is 124 Å². The molecule has 0 bridgehead atoms. The molecule has 0 aliphatic rings.